The summed E-state index contributed by atoms with van der Waals surface area (Å²) in [6.07, 6.45) is 0. The van der Waals surface area contributed by atoms with Crippen molar-refractivity contribution in [3.05, 3.63) is 136 Å². The Labute approximate surface area is 340 Å². The summed E-state index contributed by atoms with van der Waals surface area (Å²) in [7, 11) is 0. The third kappa shape index (κ3) is 7.21. The molecule has 284 valence electrons. The van der Waals surface area contributed by atoms with E-state index >= 15 is 0 Å². The molecule has 0 radical (unpaired) electrons. The molecule has 56 heavy (non-hydrogen) atoms. The van der Waals surface area contributed by atoms with Crippen molar-refractivity contribution in [2.45, 2.75) is 105 Å². The van der Waals surface area contributed by atoms with E-state index in [1.165, 1.54) is 76.0 Å². The van der Waals surface area contributed by atoms with Gasteiger partial charge in [0.05, 0.1) is 0 Å². The molecule has 0 unspecified atom stereocenters. The topological polar surface area (TPSA) is 28.7 Å². The average molecular weight is 800 g/mol. The summed E-state index contributed by atoms with van der Waals surface area (Å²) < 4.78 is 1.38. The van der Waals surface area contributed by atoms with Crippen molar-refractivity contribution in [2.24, 2.45) is 0 Å². The fourth-order valence-electron chi connectivity index (χ4n) is 7.84. The molecule has 3 heterocycles. The van der Waals surface area contributed by atoms with E-state index in [0.29, 0.717) is 0 Å². The number of benzene rings is 5. The fraction of sp³-hybridized carbons (Fsp3) is 0.302. The van der Waals surface area contributed by atoms with Crippen LogP contribution in [-0.4, -0.2) is 24.5 Å². The van der Waals surface area contributed by atoms with Crippen molar-refractivity contribution in [1.82, 2.24) is 9.97 Å². The van der Waals surface area contributed by atoms with E-state index in [1.807, 2.05) is 0 Å². The number of hydrogen-bond acceptors (Lipinski definition) is 1. The van der Waals surface area contributed by atoms with E-state index in [4.69, 9.17) is 4.98 Å². The van der Waals surface area contributed by atoms with Crippen molar-refractivity contribution in [2.75, 3.05) is 0 Å². The number of rotatable bonds is 4. The summed E-state index contributed by atoms with van der Waals surface area (Å²) in [5.41, 5.74) is 17.1. The maximum atomic E-state index is 5.69. The SMILES string of the molecule is CC(C)(C)c1ccc(-c2cc(-c3ccc(C(C)(C)C)cc3)cc(-c3cc4[se]ccc4c(-c4cc(C(C)(C)C)cc5c4[nH]c4ccc(C(C)(C)C)cc45)n3)c2)cc1. The van der Waals surface area contributed by atoms with Gasteiger partial charge in [0.15, 0.2) is 0 Å². The second kappa shape index (κ2) is 13.5. The third-order valence-corrected chi connectivity index (χ3v) is 13.4. The quantitative estimate of drug-likeness (QED) is 0.177. The molecule has 8 rings (SSSR count). The van der Waals surface area contributed by atoms with Gasteiger partial charge in [0.2, 0.25) is 0 Å². The van der Waals surface area contributed by atoms with Crippen LogP contribution in [0.1, 0.15) is 105 Å². The Hall–Kier alpha value is -4.69. The minimum absolute atomic E-state index is 0.0387. The second-order valence-electron chi connectivity index (χ2n) is 20.0. The van der Waals surface area contributed by atoms with Crippen molar-refractivity contribution in [3.63, 3.8) is 0 Å². The summed E-state index contributed by atoms with van der Waals surface area (Å²) >= 11 is 0.233. The molecule has 0 bridgehead atoms. The summed E-state index contributed by atoms with van der Waals surface area (Å²) in [4.78, 5) is 11.9. The van der Waals surface area contributed by atoms with Gasteiger partial charge in [-0.05, 0) is 0 Å². The van der Waals surface area contributed by atoms with Gasteiger partial charge < -0.3 is 0 Å². The van der Waals surface area contributed by atoms with Crippen molar-refractivity contribution in [3.8, 4) is 44.8 Å². The van der Waals surface area contributed by atoms with E-state index in [-0.39, 0.29) is 36.2 Å². The molecular formula is C53H56N2Se. The molecule has 1 N–H and O–H groups in total. The number of aromatic amines is 1. The van der Waals surface area contributed by atoms with Gasteiger partial charge in [-0.15, -0.1) is 0 Å². The summed E-state index contributed by atoms with van der Waals surface area (Å²) in [5, 5.41) is 3.80. The molecule has 0 saturated heterocycles. The first-order chi connectivity index (χ1) is 26.2. The number of nitrogens with one attached hydrogen (secondary N) is 1. The Kier molecular flexibility index (Phi) is 9.18. The van der Waals surface area contributed by atoms with Gasteiger partial charge in [0.25, 0.3) is 0 Å². The number of H-pyrrole nitrogens is 1. The van der Waals surface area contributed by atoms with E-state index in [0.717, 1.165) is 22.5 Å². The summed E-state index contributed by atoms with van der Waals surface area (Å²) in [5.74, 6) is 0. The number of fused-ring (bicyclic) bond motifs is 4. The van der Waals surface area contributed by atoms with Crippen LogP contribution < -0.4 is 0 Å². The van der Waals surface area contributed by atoms with Crippen LogP contribution in [0.4, 0.5) is 0 Å². The third-order valence-electron chi connectivity index (χ3n) is 11.5. The minimum atomic E-state index is -0.0387. The first-order valence-electron chi connectivity index (χ1n) is 20.1. The normalized spacial score (nSPS) is 13.0. The Morgan fingerprint density at radius 1 is 0.429 bits per heavy atom. The average Bonchev–Trinajstić information content (AvgIpc) is 3.77. The molecule has 0 saturated carbocycles. The van der Waals surface area contributed by atoms with Crippen molar-refractivity contribution in [1.29, 1.82) is 0 Å². The summed E-state index contributed by atoms with van der Waals surface area (Å²) in [6.45, 7) is 27.5. The van der Waals surface area contributed by atoms with Crippen molar-refractivity contribution >= 4 is 46.0 Å². The van der Waals surface area contributed by atoms with Gasteiger partial charge in [-0.3, -0.25) is 0 Å². The van der Waals surface area contributed by atoms with Gasteiger partial charge >= 0.3 is 342 Å². The van der Waals surface area contributed by atoms with Crippen LogP contribution in [0.25, 0.3) is 76.2 Å². The number of aromatic nitrogens is 2. The van der Waals surface area contributed by atoms with Crippen molar-refractivity contribution < 1.29 is 0 Å². The van der Waals surface area contributed by atoms with Crippen LogP contribution in [0.2, 0.25) is 0 Å². The standard InChI is InChI=1S/C53H56N2Se/c1-50(2,3)37-17-13-32(14-18-37)34-25-35(33-15-19-38(20-16-33)51(4,5)6)27-36(26-34)46-31-47-41(23-24-56-47)48(55-46)44-30-40(53(10,11)12)29-43-42-28-39(52(7,8)9)21-22-45(42)54-49(43)44/h13-31,54H,1-12H3. The van der Waals surface area contributed by atoms with Gasteiger partial charge in [0, 0.05) is 0 Å². The molecule has 8 aromatic rings. The second-order valence-corrected chi connectivity index (χ2v) is 22.0. The van der Waals surface area contributed by atoms with E-state index in [9.17, 15) is 0 Å². The first-order valence-corrected chi connectivity index (χ1v) is 21.9. The zero-order chi connectivity index (χ0) is 39.9. The van der Waals surface area contributed by atoms with E-state index in [1.54, 1.807) is 0 Å². The molecular weight excluding hydrogens is 744 g/mol. The van der Waals surface area contributed by atoms with Gasteiger partial charge in [-0.1, -0.05) is 0 Å². The molecule has 0 fully saturated rings. The molecule has 0 spiro atoms. The van der Waals surface area contributed by atoms with Gasteiger partial charge in [-0.25, -0.2) is 0 Å². The molecule has 0 aliphatic heterocycles. The van der Waals surface area contributed by atoms with Crippen LogP contribution in [0.5, 0.6) is 0 Å². The molecule has 2 nitrogen and oxygen atoms in total. The Bertz CT molecular complexity index is 2670. The fourth-order valence-corrected chi connectivity index (χ4v) is 9.56. The van der Waals surface area contributed by atoms with Crippen LogP contribution in [0.3, 0.4) is 0 Å². The van der Waals surface area contributed by atoms with E-state index < -0.39 is 0 Å². The van der Waals surface area contributed by atoms with Crippen LogP contribution in [0.15, 0.2) is 114 Å². The Balaban J connectivity index is 1.37. The molecule has 0 aliphatic carbocycles. The molecule has 3 heteroatoms. The number of nitrogens with zero attached hydrogens (tertiary/aromatic N) is 1. The Morgan fingerprint density at radius 2 is 0.929 bits per heavy atom. The molecule has 0 aliphatic rings. The van der Waals surface area contributed by atoms with E-state index in [2.05, 4.69) is 202 Å². The zero-order valence-electron chi connectivity index (χ0n) is 35.3. The molecule has 5 aromatic carbocycles. The number of pyridine rings is 1. The molecule has 3 aromatic heterocycles. The van der Waals surface area contributed by atoms with Crippen LogP contribution in [0, 0.1) is 0 Å². The monoisotopic (exact) mass is 800 g/mol. The predicted octanol–water partition coefficient (Wildman–Crippen LogP) is 14.8. The summed E-state index contributed by atoms with van der Waals surface area (Å²) in [6, 6.07) is 41.8. The van der Waals surface area contributed by atoms with Gasteiger partial charge in [0.1, 0.15) is 0 Å². The molecule has 0 amide bonds. The van der Waals surface area contributed by atoms with Crippen LogP contribution >= 0.6 is 0 Å². The first kappa shape index (κ1) is 38.2. The Morgan fingerprint density at radius 3 is 1.46 bits per heavy atom. The van der Waals surface area contributed by atoms with Crippen LogP contribution in [-0.2, 0) is 21.7 Å². The zero-order valence-corrected chi connectivity index (χ0v) is 37.0. The predicted molar refractivity (Wildman–Crippen MR) is 245 cm³/mol. The molecule has 0 atom stereocenters. The van der Waals surface area contributed by atoms with Gasteiger partial charge in [-0.2, -0.15) is 0 Å². The number of hydrogen-bond donors (Lipinski definition) is 1. The maximum absolute atomic E-state index is 5.69.